The first-order valence-corrected chi connectivity index (χ1v) is 10.8. The van der Waals surface area contributed by atoms with Gasteiger partial charge in [-0.15, -0.1) is 5.10 Å². The van der Waals surface area contributed by atoms with Crippen molar-refractivity contribution in [2.45, 2.75) is 70.5 Å². The third-order valence-corrected chi connectivity index (χ3v) is 5.51. The number of carbonyl (C=O) groups excluding carboxylic acids is 2. The van der Waals surface area contributed by atoms with Crippen LogP contribution in [0.5, 0.6) is 0 Å². The highest BCUT2D eigenvalue weighted by atomic mass is 32.1. The van der Waals surface area contributed by atoms with Crippen molar-refractivity contribution in [2.24, 2.45) is 0 Å². The largest absolute Gasteiger partial charge is 0.349 e. The average Bonchev–Trinajstić information content (AvgIpc) is 3.20. The van der Waals surface area contributed by atoms with Gasteiger partial charge in [0.1, 0.15) is 11.9 Å². The molecule has 8 heteroatoms. The maximum absolute atomic E-state index is 14.8. The Morgan fingerprint density at radius 2 is 1.90 bits per heavy atom. The highest BCUT2D eigenvalue weighted by molar-refractivity contribution is 7.03. The zero-order chi connectivity index (χ0) is 21.0. The van der Waals surface area contributed by atoms with Crippen LogP contribution < -0.4 is 5.32 Å². The molecule has 0 unspecified atom stereocenters. The van der Waals surface area contributed by atoms with E-state index in [2.05, 4.69) is 14.9 Å². The molecular formula is C21H27FN4O2S. The molecule has 0 bridgehead atoms. The van der Waals surface area contributed by atoms with Gasteiger partial charge in [0.25, 0.3) is 5.91 Å². The summed E-state index contributed by atoms with van der Waals surface area (Å²) in [7, 11) is 0. The molecule has 1 fully saturated rings. The summed E-state index contributed by atoms with van der Waals surface area (Å²) in [6.45, 7) is 5.58. The zero-order valence-corrected chi connectivity index (χ0v) is 17.8. The quantitative estimate of drug-likeness (QED) is 0.793. The Morgan fingerprint density at radius 3 is 2.48 bits per heavy atom. The fourth-order valence-electron chi connectivity index (χ4n) is 3.80. The first-order valence-electron chi connectivity index (χ1n) is 9.94. The molecule has 156 valence electrons. The van der Waals surface area contributed by atoms with Gasteiger partial charge in [0.2, 0.25) is 5.91 Å². The predicted molar refractivity (Wildman–Crippen MR) is 110 cm³/mol. The maximum Gasteiger partial charge on any atom is 0.276 e. The van der Waals surface area contributed by atoms with Crippen LogP contribution in [0.2, 0.25) is 0 Å². The van der Waals surface area contributed by atoms with Crippen molar-refractivity contribution < 1.29 is 14.0 Å². The number of rotatable bonds is 5. The number of hydrogen-bond acceptors (Lipinski definition) is 5. The van der Waals surface area contributed by atoms with Gasteiger partial charge in [-0.3, -0.25) is 9.59 Å². The number of halogens is 1. The smallest absolute Gasteiger partial charge is 0.276 e. The van der Waals surface area contributed by atoms with Crippen LogP contribution >= 0.6 is 11.5 Å². The van der Waals surface area contributed by atoms with E-state index in [0.29, 0.717) is 0 Å². The minimum absolute atomic E-state index is 0.159. The molecule has 1 N–H and O–H groups in total. The second kappa shape index (κ2) is 8.98. The summed E-state index contributed by atoms with van der Waals surface area (Å²) in [5, 5.41) is 8.42. The molecule has 29 heavy (non-hydrogen) atoms. The lowest BCUT2D eigenvalue weighted by Crippen LogP contribution is -2.53. The van der Waals surface area contributed by atoms with Crippen molar-refractivity contribution in [1.82, 2.24) is 19.8 Å². The normalized spacial score (nSPS) is 16.3. The molecule has 1 atom stereocenters. The summed E-state index contributed by atoms with van der Waals surface area (Å²) in [5.74, 6) is -1.29. The van der Waals surface area contributed by atoms with Crippen LogP contribution in [0.15, 0.2) is 29.6 Å². The Bertz CT molecular complexity index is 845. The fourth-order valence-corrected chi connectivity index (χ4v) is 4.23. The molecule has 1 aliphatic rings. The minimum Gasteiger partial charge on any atom is -0.349 e. The van der Waals surface area contributed by atoms with Crippen LogP contribution in [-0.2, 0) is 4.79 Å². The van der Waals surface area contributed by atoms with Crippen LogP contribution in [0.4, 0.5) is 4.39 Å². The summed E-state index contributed by atoms with van der Waals surface area (Å²) in [6.07, 6.45) is 4.58. The van der Waals surface area contributed by atoms with Crippen LogP contribution in [-0.4, -0.2) is 37.9 Å². The second-order valence-electron chi connectivity index (χ2n) is 8.46. The first-order chi connectivity index (χ1) is 13.8. The lowest BCUT2D eigenvalue weighted by atomic mass is 9.90. The zero-order valence-electron chi connectivity index (χ0n) is 17.0. The number of nitrogens with zero attached hydrogens (tertiary/aromatic N) is 3. The van der Waals surface area contributed by atoms with E-state index in [1.165, 1.54) is 11.0 Å². The number of carbonyl (C=O) groups is 2. The molecule has 1 heterocycles. The molecule has 0 spiro atoms. The number of benzene rings is 1. The van der Waals surface area contributed by atoms with E-state index in [-0.39, 0.29) is 23.2 Å². The van der Waals surface area contributed by atoms with E-state index in [0.717, 1.165) is 43.6 Å². The number of hydrogen-bond donors (Lipinski definition) is 1. The summed E-state index contributed by atoms with van der Waals surface area (Å²) in [6, 6.07) is 4.92. The third kappa shape index (κ3) is 5.18. The molecule has 0 aliphatic heterocycles. The average molecular weight is 419 g/mol. The number of amides is 2. The lowest BCUT2D eigenvalue weighted by molar-refractivity contribution is -0.128. The van der Waals surface area contributed by atoms with E-state index < -0.39 is 23.3 Å². The molecule has 1 aromatic heterocycles. The van der Waals surface area contributed by atoms with Crippen molar-refractivity contribution in [2.75, 3.05) is 0 Å². The van der Waals surface area contributed by atoms with Gasteiger partial charge in [-0.2, -0.15) is 0 Å². The van der Waals surface area contributed by atoms with Gasteiger partial charge >= 0.3 is 0 Å². The Labute approximate surface area is 174 Å². The predicted octanol–water partition coefficient (Wildman–Crippen LogP) is 4.11. The van der Waals surface area contributed by atoms with E-state index in [9.17, 15) is 14.0 Å². The van der Waals surface area contributed by atoms with E-state index >= 15 is 0 Å². The number of nitrogens with one attached hydrogen (secondary N) is 1. The summed E-state index contributed by atoms with van der Waals surface area (Å²) in [5.41, 5.74) is -0.147. The van der Waals surface area contributed by atoms with Gasteiger partial charge in [-0.05, 0) is 51.2 Å². The van der Waals surface area contributed by atoms with Crippen LogP contribution in [0.25, 0.3) is 0 Å². The second-order valence-corrected chi connectivity index (χ2v) is 9.07. The van der Waals surface area contributed by atoms with Crippen LogP contribution in [0, 0.1) is 5.82 Å². The van der Waals surface area contributed by atoms with Gasteiger partial charge in [-0.1, -0.05) is 41.9 Å². The molecular weight excluding hydrogens is 391 g/mol. The molecule has 0 radical (unpaired) electrons. The Hall–Kier alpha value is -2.35. The first kappa shape index (κ1) is 21.4. The molecule has 3 rings (SSSR count). The topological polar surface area (TPSA) is 75.2 Å². The van der Waals surface area contributed by atoms with Crippen molar-refractivity contribution in [3.8, 4) is 0 Å². The molecule has 0 saturated heterocycles. The highest BCUT2D eigenvalue weighted by Crippen LogP contribution is 2.33. The maximum atomic E-state index is 14.8. The molecule has 1 aliphatic carbocycles. The Balaban J connectivity index is 2.09. The van der Waals surface area contributed by atoms with Crippen LogP contribution in [0.1, 0.15) is 75.0 Å². The lowest BCUT2D eigenvalue weighted by Gasteiger charge is -2.40. The number of aromatic nitrogens is 2. The van der Waals surface area contributed by atoms with E-state index in [4.69, 9.17) is 0 Å². The molecule has 1 saturated carbocycles. The molecule has 1 aromatic carbocycles. The fraction of sp³-hybridized carbons (Fsp3) is 0.524. The monoisotopic (exact) mass is 418 g/mol. The van der Waals surface area contributed by atoms with Crippen molar-refractivity contribution >= 4 is 23.3 Å². The molecule has 2 amide bonds. The van der Waals surface area contributed by atoms with Gasteiger partial charge in [0, 0.05) is 22.5 Å². The van der Waals surface area contributed by atoms with Crippen LogP contribution in [0.3, 0.4) is 0 Å². The van der Waals surface area contributed by atoms with Crippen molar-refractivity contribution in [3.05, 3.63) is 46.7 Å². The third-order valence-electron chi connectivity index (χ3n) is 5.01. The van der Waals surface area contributed by atoms with Gasteiger partial charge < -0.3 is 10.2 Å². The summed E-state index contributed by atoms with van der Waals surface area (Å²) < 4.78 is 18.6. The minimum atomic E-state index is -1.08. The Morgan fingerprint density at radius 1 is 1.21 bits per heavy atom. The van der Waals surface area contributed by atoms with E-state index in [1.807, 2.05) is 20.8 Å². The van der Waals surface area contributed by atoms with Crippen molar-refractivity contribution in [1.29, 1.82) is 0 Å². The Kier molecular flexibility index (Phi) is 6.62. The summed E-state index contributed by atoms with van der Waals surface area (Å²) >= 11 is 1.08. The SMILES string of the molecule is CC(C)(C)NC(=O)[C@@H](c1ccccc1F)N(C(=O)c1csnn1)C1CCCCC1. The van der Waals surface area contributed by atoms with Crippen molar-refractivity contribution in [3.63, 3.8) is 0 Å². The van der Waals surface area contributed by atoms with Gasteiger partial charge in [0.05, 0.1) is 0 Å². The molecule has 2 aromatic rings. The van der Waals surface area contributed by atoms with Gasteiger partial charge in [0.15, 0.2) is 5.69 Å². The van der Waals surface area contributed by atoms with Gasteiger partial charge in [-0.25, -0.2) is 4.39 Å². The summed E-state index contributed by atoms with van der Waals surface area (Å²) in [4.78, 5) is 28.3. The standard InChI is InChI=1S/C21H27FN4O2S/c1-21(2,3)23-19(27)18(15-11-7-8-12-16(15)22)26(14-9-5-4-6-10-14)20(28)17-13-29-25-24-17/h7-8,11-14,18H,4-6,9-10H2,1-3H3,(H,23,27)/t18-/m1/s1. The van der Waals surface area contributed by atoms with E-state index in [1.54, 1.807) is 23.6 Å². The highest BCUT2D eigenvalue weighted by Gasteiger charge is 2.40. The molecule has 6 nitrogen and oxygen atoms in total.